The monoisotopic (exact) mass is 517 g/mol. The fourth-order valence-corrected chi connectivity index (χ4v) is 5.72. The molecule has 25 heavy (non-hydrogen) atoms. The second-order valence-corrected chi connectivity index (χ2v) is 10.1. The van der Waals surface area contributed by atoms with E-state index < -0.39 is 8.41 Å². The van der Waals surface area contributed by atoms with Crippen LogP contribution in [-0.2, 0) is 25.8 Å². The van der Waals surface area contributed by atoms with E-state index in [4.69, 9.17) is 0 Å². The molecule has 3 rings (SSSR count). The summed E-state index contributed by atoms with van der Waals surface area (Å²) in [4.78, 5) is 0. The van der Waals surface area contributed by atoms with Crippen LogP contribution in [-0.4, -0.2) is 13.6 Å². The van der Waals surface area contributed by atoms with Crippen molar-refractivity contribution in [3.05, 3.63) is 79.5 Å². The van der Waals surface area contributed by atoms with Gasteiger partial charge in [0.05, 0.1) is 0 Å². The fraction of sp³-hybridized carbons (Fsp3) is 0.391. The molecule has 0 saturated carbocycles. The second-order valence-electron chi connectivity index (χ2n) is 7.48. The van der Waals surface area contributed by atoms with Crippen molar-refractivity contribution in [2.24, 2.45) is 11.3 Å². The third-order valence-electron chi connectivity index (χ3n) is 5.63. The SMILES string of the molecule is CC1=C2C(=CC=CC(=[Si](C)C)C2C)[C-](C2=CC=CC2)C1(C)C.[CH3-].[CH3-].[Hf]. The van der Waals surface area contributed by atoms with E-state index in [0.717, 1.165) is 6.42 Å². The minimum Gasteiger partial charge on any atom is -0.358 e. The van der Waals surface area contributed by atoms with Crippen LogP contribution in [0.5, 0.6) is 0 Å². The molecule has 0 nitrogen and oxygen atoms in total. The van der Waals surface area contributed by atoms with Gasteiger partial charge in [0.1, 0.15) is 0 Å². The third-order valence-corrected chi connectivity index (χ3v) is 7.39. The first-order chi connectivity index (χ1) is 10.4. The van der Waals surface area contributed by atoms with Gasteiger partial charge in [0.25, 0.3) is 0 Å². The van der Waals surface area contributed by atoms with Crippen molar-refractivity contribution in [2.45, 2.75) is 47.2 Å². The van der Waals surface area contributed by atoms with Gasteiger partial charge in [0.15, 0.2) is 0 Å². The minimum atomic E-state index is -0.414. The van der Waals surface area contributed by atoms with Crippen molar-refractivity contribution in [1.29, 1.82) is 0 Å². The largest absolute Gasteiger partial charge is 0.358 e. The normalized spacial score (nSPS) is 23.0. The zero-order valence-corrected chi connectivity index (χ0v) is 21.8. The molecule has 0 saturated heterocycles. The zero-order valence-electron chi connectivity index (χ0n) is 17.2. The molecule has 1 atom stereocenters. The summed E-state index contributed by atoms with van der Waals surface area (Å²) in [6.45, 7) is 14.4. The van der Waals surface area contributed by atoms with Crippen molar-refractivity contribution in [1.82, 2.24) is 0 Å². The maximum Gasteiger partial charge on any atom is 0.00718 e. The summed E-state index contributed by atoms with van der Waals surface area (Å²) < 4.78 is 0. The maximum absolute atomic E-state index is 2.41. The summed E-state index contributed by atoms with van der Waals surface area (Å²) in [7, 11) is -0.414. The first kappa shape index (κ1) is 24.5. The van der Waals surface area contributed by atoms with Crippen LogP contribution in [0.1, 0.15) is 34.1 Å². The molecule has 0 heterocycles. The predicted octanol–water partition coefficient (Wildman–Crippen LogP) is 6.34. The van der Waals surface area contributed by atoms with Gasteiger partial charge in [-0.2, -0.15) is 0 Å². The molecule has 0 amide bonds. The van der Waals surface area contributed by atoms with Crippen LogP contribution in [0.3, 0.4) is 0 Å². The Hall–Kier alpha value is -0.473. The maximum atomic E-state index is 2.41. The van der Waals surface area contributed by atoms with E-state index in [0.29, 0.717) is 5.92 Å². The van der Waals surface area contributed by atoms with Crippen molar-refractivity contribution >= 4 is 13.6 Å². The minimum absolute atomic E-state index is 0. The van der Waals surface area contributed by atoms with E-state index in [1.54, 1.807) is 22.2 Å². The van der Waals surface area contributed by atoms with Crippen LogP contribution in [0.4, 0.5) is 0 Å². The molecule has 0 fully saturated rings. The van der Waals surface area contributed by atoms with Gasteiger partial charge in [0, 0.05) is 34.3 Å². The van der Waals surface area contributed by atoms with Crippen LogP contribution < -0.4 is 0 Å². The molecular formula is C23H33HfSi-3. The molecule has 0 aromatic carbocycles. The fourth-order valence-electron chi connectivity index (χ4n) is 4.28. The van der Waals surface area contributed by atoms with Gasteiger partial charge in [0.2, 0.25) is 0 Å². The Bertz CT molecular complexity index is 692. The Kier molecular flexibility index (Phi) is 8.78. The molecule has 0 aromatic heterocycles. The average Bonchev–Trinajstić information content (AvgIpc) is 2.96. The van der Waals surface area contributed by atoms with Crippen LogP contribution >= 0.6 is 0 Å². The first-order valence-electron chi connectivity index (χ1n) is 8.37. The summed E-state index contributed by atoms with van der Waals surface area (Å²) in [6, 6.07) is 0. The molecule has 0 aromatic rings. The van der Waals surface area contributed by atoms with Crippen molar-refractivity contribution < 1.29 is 25.8 Å². The summed E-state index contributed by atoms with van der Waals surface area (Å²) in [6.07, 6.45) is 14.9. The molecule has 3 aliphatic carbocycles. The number of hydrogen-bond acceptors (Lipinski definition) is 0. The Labute approximate surface area is 176 Å². The van der Waals surface area contributed by atoms with E-state index in [9.17, 15) is 0 Å². The average molecular weight is 516 g/mol. The summed E-state index contributed by atoms with van der Waals surface area (Å²) in [5.41, 5.74) is 6.32. The first-order valence-corrected chi connectivity index (χ1v) is 10.9. The molecular weight excluding hydrogens is 483 g/mol. The number of fused-ring (bicyclic) bond motifs is 1. The molecule has 2 heteroatoms. The molecule has 0 N–H and O–H groups in total. The van der Waals surface area contributed by atoms with E-state index in [-0.39, 0.29) is 46.1 Å². The van der Waals surface area contributed by atoms with Crippen LogP contribution in [0, 0.1) is 32.1 Å². The zero-order chi connectivity index (χ0) is 16.1. The van der Waals surface area contributed by atoms with Crippen molar-refractivity contribution in [3.8, 4) is 0 Å². The quantitative estimate of drug-likeness (QED) is 0.282. The molecule has 3 aliphatic rings. The Morgan fingerprint density at radius 2 is 1.76 bits per heavy atom. The van der Waals surface area contributed by atoms with Gasteiger partial charge in [-0.15, -0.1) is 52.5 Å². The third kappa shape index (κ3) is 3.95. The molecule has 1 unspecified atom stereocenters. The van der Waals surface area contributed by atoms with Gasteiger partial charge in [-0.1, -0.05) is 58.1 Å². The van der Waals surface area contributed by atoms with E-state index in [2.05, 4.69) is 77.2 Å². The molecule has 0 spiro atoms. The topological polar surface area (TPSA) is 0 Å². The van der Waals surface area contributed by atoms with Crippen LogP contribution in [0.15, 0.2) is 58.7 Å². The Balaban J connectivity index is 0.00000192. The van der Waals surface area contributed by atoms with Gasteiger partial charge in [-0.25, -0.2) is 0 Å². The second kappa shape index (κ2) is 8.95. The summed E-state index contributed by atoms with van der Waals surface area (Å²) >= 11 is 0. The Morgan fingerprint density at radius 1 is 1.12 bits per heavy atom. The molecule has 0 bridgehead atoms. The van der Waals surface area contributed by atoms with Crippen molar-refractivity contribution in [2.75, 3.05) is 0 Å². The predicted molar refractivity (Wildman–Crippen MR) is 113 cm³/mol. The van der Waals surface area contributed by atoms with Gasteiger partial charge in [-0.3, -0.25) is 0 Å². The van der Waals surface area contributed by atoms with Gasteiger partial charge >= 0.3 is 0 Å². The van der Waals surface area contributed by atoms with Crippen LogP contribution in [0.25, 0.3) is 0 Å². The smallest absolute Gasteiger partial charge is 0.00718 e. The Morgan fingerprint density at radius 3 is 2.28 bits per heavy atom. The number of hydrogen-bond donors (Lipinski definition) is 0. The molecule has 136 valence electrons. The van der Waals surface area contributed by atoms with Gasteiger partial charge < -0.3 is 14.9 Å². The van der Waals surface area contributed by atoms with E-state index in [1.807, 2.05) is 0 Å². The molecule has 0 radical (unpaired) electrons. The molecule has 0 aliphatic heterocycles. The van der Waals surface area contributed by atoms with Crippen molar-refractivity contribution in [3.63, 3.8) is 0 Å². The number of rotatable bonds is 1. The number of allylic oxidation sites excluding steroid dienone is 10. The van der Waals surface area contributed by atoms with Crippen LogP contribution in [0.2, 0.25) is 13.1 Å². The summed E-state index contributed by atoms with van der Waals surface area (Å²) in [5.74, 6) is 2.12. The van der Waals surface area contributed by atoms with Gasteiger partial charge in [-0.05, 0) is 17.8 Å². The van der Waals surface area contributed by atoms with E-state index in [1.165, 1.54) is 11.1 Å². The standard InChI is InChI=1S/C21H27Si.2CH3.Hf/c1-14-18(22(5)6)13-9-12-17-19(14)15(2)21(3,4)20(17)16-10-7-8-11-16;;;/h7-10,12-14H,11H2,1-6H3;2*1H3;/q3*-1;. The summed E-state index contributed by atoms with van der Waals surface area (Å²) in [5, 5.41) is 1.65. The van der Waals surface area contributed by atoms with E-state index >= 15 is 0 Å².